The average molecular weight is 364 g/mol. The van der Waals surface area contributed by atoms with E-state index in [9.17, 15) is 14.0 Å². The summed E-state index contributed by atoms with van der Waals surface area (Å²) in [5.74, 6) is -0.236. The van der Waals surface area contributed by atoms with Crippen LogP contribution < -0.4 is 10.2 Å². The number of rotatable bonds is 4. The van der Waals surface area contributed by atoms with Crippen molar-refractivity contribution in [1.29, 1.82) is 0 Å². The Balaban J connectivity index is 1.47. The normalized spacial score (nSPS) is 18.8. The number of hydrogen-bond acceptors (Lipinski definition) is 3. The Hall–Kier alpha value is -3.22. The second kappa shape index (κ2) is 5.90. The van der Waals surface area contributed by atoms with Crippen molar-refractivity contribution in [3.63, 3.8) is 0 Å². The quantitative estimate of drug-likeness (QED) is 0.773. The van der Waals surface area contributed by atoms with Crippen molar-refractivity contribution in [1.82, 2.24) is 9.55 Å². The number of nitrogens with zero attached hydrogens (tertiary/aromatic N) is 3. The molecule has 2 heterocycles. The van der Waals surface area contributed by atoms with Crippen LogP contribution in [0.5, 0.6) is 0 Å². The minimum atomic E-state index is -0.637. The maximum atomic E-state index is 13.3. The summed E-state index contributed by atoms with van der Waals surface area (Å²) in [6, 6.07) is 12.9. The third-order valence-electron chi connectivity index (χ3n) is 5.03. The maximum absolute atomic E-state index is 13.3. The molecule has 0 spiro atoms. The van der Waals surface area contributed by atoms with Gasteiger partial charge in [0.25, 0.3) is 5.91 Å². The highest BCUT2D eigenvalue weighted by molar-refractivity contribution is 6.05. The van der Waals surface area contributed by atoms with Crippen molar-refractivity contribution in [2.45, 2.75) is 31.3 Å². The van der Waals surface area contributed by atoms with Gasteiger partial charge in [-0.1, -0.05) is 18.2 Å². The minimum Gasteiger partial charge on any atom is -0.326 e. The molecule has 1 atom stereocenters. The molecule has 1 aliphatic carbocycles. The molecule has 2 amide bonds. The Labute approximate surface area is 154 Å². The lowest BCUT2D eigenvalue weighted by Crippen LogP contribution is -2.33. The minimum absolute atomic E-state index is 0.0219. The number of amides is 2. The van der Waals surface area contributed by atoms with E-state index in [1.165, 1.54) is 18.2 Å². The molecular formula is C20H17FN4O2. The molecule has 27 heavy (non-hydrogen) atoms. The number of fused-ring (bicyclic) bond motifs is 3. The molecule has 2 aliphatic rings. The zero-order valence-electron chi connectivity index (χ0n) is 14.4. The van der Waals surface area contributed by atoms with Gasteiger partial charge in [0.2, 0.25) is 11.9 Å². The van der Waals surface area contributed by atoms with E-state index in [0.717, 1.165) is 23.9 Å². The zero-order valence-corrected chi connectivity index (χ0v) is 14.4. The van der Waals surface area contributed by atoms with Gasteiger partial charge in [0, 0.05) is 11.7 Å². The van der Waals surface area contributed by atoms with E-state index < -0.39 is 11.9 Å². The van der Waals surface area contributed by atoms with Gasteiger partial charge in [-0.2, -0.15) is 0 Å². The molecule has 7 heteroatoms. The largest absolute Gasteiger partial charge is 0.326 e. The van der Waals surface area contributed by atoms with E-state index in [1.54, 1.807) is 11.0 Å². The number of halogens is 1. The second-order valence-corrected chi connectivity index (χ2v) is 6.99. The van der Waals surface area contributed by atoms with Gasteiger partial charge in [-0.05, 0) is 43.2 Å². The first kappa shape index (κ1) is 16.0. The number of aromatic nitrogens is 2. The van der Waals surface area contributed by atoms with E-state index in [2.05, 4.69) is 10.3 Å². The molecule has 1 fully saturated rings. The monoisotopic (exact) mass is 364 g/mol. The van der Waals surface area contributed by atoms with Gasteiger partial charge in [-0.25, -0.2) is 9.37 Å². The summed E-state index contributed by atoms with van der Waals surface area (Å²) in [7, 11) is 0. The Morgan fingerprint density at radius 1 is 1.19 bits per heavy atom. The third kappa shape index (κ3) is 2.66. The van der Waals surface area contributed by atoms with Crippen molar-refractivity contribution in [3.05, 3.63) is 54.3 Å². The first-order chi connectivity index (χ1) is 13.1. The van der Waals surface area contributed by atoms with E-state index in [4.69, 9.17) is 0 Å². The Kier molecular flexibility index (Phi) is 3.50. The number of hydrogen-bond donors (Lipinski definition) is 1. The standard InChI is InChI=1S/C20H17FN4O2/c21-12-4-3-5-13(10-12)22-18(26)11-17-19(27)24(14-8-9-14)20-23-15-6-1-2-7-16(15)25(17)20/h1-7,10,14,17H,8-9,11H2,(H,22,26)/t17-/m1/s1. The van der Waals surface area contributed by atoms with Crippen molar-refractivity contribution < 1.29 is 14.0 Å². The highest BCUT2D eigenvalue weighted by Crippen LogP contribution is 2.42. The lowest BCUT2D eigenvalue weighted by molar-refractivity contribution is -0.124. The van der Waals surface area contributed by atoms with Gasteiger partial charge >= 0.3 is 0 Å². The fraction of sp³-hybridized carbons (Fsp3) is 0.250. The van der Waals surface area contributed by atoms with Crippen LogP contribution in [0.25, 0.3) is 11.0 Å². The van der Waals surface area contributed by atoms with Crippen molar-refractivity contribution >= 4 is 34.5 Å². The SMILES string of the molecule is O=C(C[C@@H]1C(=O)N(C2CC2)c2nc3ccccc3n21)Nc1cccc(F)c1. The van der Waals surface area contributed by atoms with Crippen molar-refractivity contribution in [3.8, 4) is 0 Å². The fourth-order valence-corrected chi connectivity index (χ4v) is 3.69. The van der Waals surface area contributed by atoms with Crippen LogP contribution in [0.3, 0.4) is 0 Å². The predicted octanol–water partition coefficient (Wildman–Crippen LogP) is 3.25. The summed E-state index contributed by atoms with van der Waals surface area (Å²) in [5.41, 5.74) is 2.02. The summed E-state index contributed by atoms with van der Waals surface area (Å²) in [6.07, 6.45) is 1.89. The van der Waals surface area contributed by atoms with Crippen LogP contribution >= 0.6 is 0 Å². The molecule has 0 unspecified atom stereocenters. The molecule has 1 N–H and O–H groups in total. The van der Waals surface area contributed by atoms with Crippen LogP contribution in [0.2, 0.25) is 0 Å². The van der Waals surface area contributed by atoms with E-state index in [-0.39, 0.29) is 24.3 Å². The molecule has 1 aliphatic heterocycles. The van der Waals surface area contributed by atoms with Gasteiger partial charge in [-0.15, -0.1) is 0 Å². The van der Waals surface area contributed by atoms with Crippen molar-refractivity contribution in [2.75, 3.05) is 10.2 Å². The summed E-state index contributed by atoms with van der Waals surface area (Å²) in [4.78, 5) is 31.9. The van der Waals surface area contributed by atoms with Crippen LogP contribution in [-0.4, -0.2) is 27.4 Å². The maximum Gasteiger partial charge on any atom is 0.253 e. The summed E-state index contributed by atoms with van der Waals surface area (Å²) in [6.45, 7) is 0. The highest BCUT2D eigenvalue weighted by Gasteiger charge is 2.47. The Morgan fingerprint density at radius 2 is 2.00 bits per heavy atom. The topological polar surface area (TPSA) is 67.2 Å². The molecule has 1 aromatic heterocycles. The number of imidazole rings is 1. The van der Waals surface area contributed by atoms with Crippen LogP contribution in [0.1, 0.15) is 25.3 Å². The van der Waals surface area contributed by atoms with Crippen LogP contribution in [0.15, 0.2) is 48.5 Å². The number of carbonyl (C=O) groups is 2. The Morgan fingerprint density at radius 3 is 2.78 bits per heavy atom. The molecule has 1 saturated carbocycles. The molecule has 136 valence electrons. The highest BCUT2D eigenvalue weighted by atomic mass is 19.1. The van der Waals surface area contributed by atoms with Crippen LogP contribution in [0, 0.1) is 5.82 Å². The summed E-state index contributed by atoms with van der Waals surface area (Å²) in [5, 5.41) is 2.68. The number of carbonyl (C=O) groups excluding carboxylic acids is 2. The van der Waals surface area contributed by atoms with Crippen LogP contribution in [-0.2, 0) is 9.59 Å². The van der Waals surface area contributed by atoms with Gasteiger partial charge in [0.15, 0.2) is 0 Å². The van der Waals surface area contributed by atoms with E-state index >= 15 is 0 Å². The molecular weight excluding hydrogens is 347 g/mol. The molecule has 3 aromatic rings. The second-order valence-electron chi connectivity index (χ2n) is 6.99. The van der Waals surface area contributed by atoms with Crippen LogP contribution in [0.4, 0.5) is 16.0 Å². The Bertz CT molecular complexity index is 1070. The molecule has 0 radical (unpaired) electrons. The average Bonchev–Trinajstić information content (AvgIpc) is 3.34. The fourth-order valence-electron chi connectivity index (χ4n) is 3.69. The first-order valence-corrected chi connectivity index (χ1v) is 8.97. The first-order valence-electron chi connectivity index (χ1n) is 8.97. The van der Waals surface area contributed by atoms with E-state index in [0.29, 0.717) is 11.6 Å². The predicted molar refractivity (Wildman–Crippen MR) is 98.9 cm³/mol. The molecule has 6 nitrogen and oxygen atoms in total. The number of nitrogens with one attached hydrogen (secondary N) is 1. The van der Waals surface area contributed by atoms with E-state index in [1.807, 2.05) is 28.8 Å². The van der Waals surface area contributed by atoms with Gasteiger partial charge in [0.1, 0.15) is 11.9 Å². The van der Waals surface area contributed by atoms with Crippen molar-refractivity contribution in [2.24, 2.45) is 0 Å². The number of para-hydroxylation sites is 2. The number of benzene rings is 2. The van der Waals surface area contributed by atoms with Gasteiger partial charge in [-0.3, -0.25) is 19.1 Å². The summed E-state index contributed by atoms with van der Waals surface area (Å²) < 4.78 is 15.2. The summed E-state index contributed by atoms with van der Waals surface area (Å²) >= 11 is 0. The third-order valence-corrected chi connectivity index (χ3v) is 5.03. The molecule has 0 bridgehead atoms. The lowest BCUT2D eigenvalue weighted by atomic mass is 10.1. The van der Waals surface area contributed by atoms with Gasteiger partial charge in [0.05, 0.1) is 17.5 Å². The molecule has 2 aromatic carbocycles. The van der Waals surface area contributed by atoms with Gasteiger partial charge < -0.3 is 5.32 Å². The zero-order chi connectivity index (χ0) is 18.5. The number of anilines is 2. The lowest BCUT2D eigenvalue weighted by Gasteiger charge is -2.15. The smallest absolute Gasteiger partial charge is 0.253 e. The molecule has 0 saturated heterocycles. The molecule has 5 rings (SSSR count).